The summed E-state index contributed by atoms with van der Waals surface area (Å²) in [6.45, 7) is 2.08. The van der Waals surface area contributed by atoms with Crippen LogP contribution in [0, 0.1) is 17.5 Å². The molecule has 1 fully saturated rings. The summed E-state index contributed by atoms with van der Waals surface area (Å²) < 4.78 is 43.7. The molecule has 2 heterocycles. The predicted molar refractivity (Wildman–Crippen MR) is 108 cm³/mol. The highest BCUT2D eigenvalue weighted by molar-refractivity contribution is 7.09. The lowest BCUT2D eigenvalue weighted by atomic mass is 10.1. The molecule has 1 aliphatic rings. The minimum atomic E-state index is -1.01. The van der Waals surface area contributed by atoms with Crippen LogP contribution < -0.4 is 10.2 Å². The lowest BCUT2D eigenvalue weighted by molar-refractivity contribution is 0.208. The number of halogens is 3. The molecular weight excluding hydrogens is 415 g/mol. The lowest BCUT2D eigenvalue weighted by Crippen LogP contribution is -2.50. The van der Waals surface area contributed by atoms with Crippen molar-refractivity contribution in [2.75, 3.05) is 36.4 Å². The molecule has 0 atom stereocenters. The summed E-state index contributed by atoms with van der Waals surface area (Å²) in [4.78, 5) is 20.6. The molecule has 156 valence electrons. The molecule has 1 saturated heterocycles. The number of benzene rings is 2. The zero-order valence-electron chi connectivity index (χ0n) is 15.8. The molecule has 0 radical (unpaired) electrons. The van der Waals surface area contributed by atoms with Crippen LogP contribution in [-0.4, -0.2) is 46.5 Å². The Kier molecular flexibility index (Phi) is 5.84. The first-order chi connectivity index (χ1) is 14.5. The van der Waals surface area contributed by atoms with E-state index >= 15 is 0 Å². The summed E-state index contributed by atoms with van der Waals surface area (Å²) in [5.41, 5.74) is 1.13. The third-order valence-electron chi connectivity index (χ3n) is 4.74. The number of rotatable bonds is 4. The topological polar surface area (TPSA) is 61.4 Å². The minimum absolute atomic E-state index is 0.205. The number of carbonyl (C=O) groups excluding carboxylic acids is 1. The van der Waals surface area contributed by atoms with Crippen molar-refractivity contribution in [1.82, 2.24) is 14.3 Å². The number of amides is 2. The zero-order chi connectivity index (χ0) is 21.1. The van der Waals surface area contributed by atoms with Crippen LogP contribution in [0.15, 0.2) is 42.5 Å². The summed E-state index contributed by atoms with van der Waals surface area (Å²) >= 11 is 1.29. The Morgan fingerprint density at radius 3 is 2.43 bits per heavy atom. The quantitative estimate of drug-likeness (QED) is 0.678. The predicted octanol–water partition coefficient (Wildman–Crippen LogP) is 3.90. The van der Waals surface area contributed by atoms with Crippen molar-refractivity contribution < 1.29 is 18.0 Å². The molecule has 0 saturated carbocycles. The van der Waals surface area contributed by atoms with Crippen LogP contribution in [0.1, 0.15) is 11.4 Å². The molecule has 6 nitrogen and oxygen atoms in total. The van der Waals surface area contributed by atoms with Crippen LogP contribution in [0.25, 0.3) is 0 Å². The van der Waals surface area contributed by atoms with Gasteiger partial charge in [-0.3, -0.25) is 0 Å². The third-order valence-corrected chi connectivity index (χ3v) is 5.56. The van der Waals surface area contributed by atoms with Crippen molar-refractivity contribution in [2.24, 2.45) is 0 Å². The fourth-order valence-corrected chi connectivity index (χ4v) is 3.84. The Morgan fingerprint density at radius 1 is 1.00 bits per heavy atom. The van der Waals surface area contributed by atoms with Crippen LogP contribution in [0.3, 0.4) is 0 Å². The van der Waals surface area contributed by atoms with Gasteiger partial charge in [0.05, 0.1) is 0 Å². The maximum Gasteiger partial charge on any atom is 0.321 e. The van der Waals surface area contributed by atoms with Crippen molar-refractivity contribution in [3.05, 3.63) is 71.3 Å². The Morgan fingerprint density at radius 2 is 1.73 bits per heavy atom. The molecule has 0 unspecified atom stereocenters. The second-order valence-corrected chi connectivity index (χ2v) is 7.56. The van der Waals surface area contributed by atoms with Crippen LogP contribution in [0.4, 0.5) is 28.8 Å². The van der Waals surface area contributed by atoms with Crippen molar-refractivity contribution in [3.8, 4) is 0 Å². The van der Waals surface area contributed by atoms with Crippen LogP contribution in [0.2, 0.25) is 0 Å². The molecule has 30 heavy (non-hydrogen) atoms. The third kappa shape index (κ3) is 4.70. The van der Waals surface area contributed by atoms with Gasteiger partial charge in [0.15, 0.2) is 11.6 Å². The zero-order valence-corrected chi connectivity index (χ0v) is 16.6. The molecular formula is C20H18F3N5OS. The summed E-state index contributed by atoms with van der Waals surface area (Å²) in [7, 11) is 0. The van der Waals surface area contributed by atoms with Crippen LogP contribution >= 0.6 is 11.5 Å². The van der Waals surface area contributed by atoms with E-state index in [9.17, 15) is 18.0 Å². The summed E-state index contributed by atoms with van der Waals surface area (Å²) in [6, 6.07) is 9.11. The van der Waals surface area contributed by atoms with Gasteiger partial charge in [0.1, 0.15) is 11.6 Å². The van der Waals surface area contributed by atoms with Gasteiger partial charge in [-0.2, -0.15) is 4.37 Å². The highest BCUT2D eigenvalue weighted by atomic mass is 32.1. The molecule has 0 aliphatic carbocycles. The van der Waals surface area contributed by atoms with Gasteiger partial charge in [-0.15, -0.1) is 0 Å². The first kappa shape index (κ1) is 20.1. The maximum atomic E-state index is 13.3. The van der Waals surface area contributed by atoms with Crippen molar-refractivity contribution in [3.63, 3.8) is 0 Å². The van der Waals surface area contributed by atoms with E-state index in [1.165, 1.54) is 29.7 Å². The van der Waals surface area contributed by atoms with Gasteiger partial charge in [0, 0.05) is 55.9 Å². The Labute approximate surface area is 175 Å². The Bertz CT molecular complexity index is 1040. The number of nitrogens with zero attached hydrogens (tertiary/aromatic N) is 4. The molecule has 4 rings (SSSR count). The standard InChI is InChI=1S/C20H18F3N5OS/c21-14-3-1-13(2-4-14)11-18-25-20(30-26-18)28-9-7-27(8-10-28)19(29)24-15-5-6-16(22)17(23)12-15/h1-6,12H,7-11H2,(H,24,29). The van der Waals surface area contributed by atoms with E-state index in [1.807, 2.05) is 4.90 Å². The van der Waals surface area contributed by atoms with Gasteiger partial charge in [0.2, 0.25) is 5.13 Å². The lowest BCUT2D eigenvalue weighted by Gasteiger charge is -2.34. The first-order valence-corrected chi connectivity index (χ1v) is 10.1. The van der Waals surface area contributed by atoms with E-state index < -0.39 is 11.6 Å². The van der Waals surface area contributed by atoms with Crippen LogP contribution in [0.5, 0.6) is 0 Å². The molecule has 1 aromatic heterocycles. The Balaban J connectivity index is 1.31. The molecule has 2 amide bonds. The van der Waals surface area contributed by atoms with E-state index in [2.05, 4.69) is 14.7 Å². The average molecular weight is 433 g/mol. The maximum absolute atomic E-state index is 13.3. The van der Waals surface area contributed by atoms with E-state index in [0.717, 1.165) is 22.8 Å². The number of aromatic nitrogens is 2. The first-order valence-electron chi connectivity index (χ1n) is 9.31. The van der Waals surface area contributed by atoms with E-state index in [1.54, 1.807) is 17.0 Å². The fourth-order valence-electron chi connectivity index (χ4n) is 3.11. The minimum Gasteiger partial charge on any atom is -0.343 e. The summed E-state index contributed by atoms with van der Waals surface area (Å²) in [5.74, 6) is -1.58. The second kappa shape index (κ2) is 8.70. The fraction of sp³-hybridized carbons (Fsp3) is 0.250. The van der Waals surface area contributed by atoms with Crippen LogP contribution in [-0.2, 0) is 6.42 Å². The molecule has 0 bridgehead atoms. The number of hydrogen-bond acceptors (Lipinski definition) is 5. The number of hydrogen-bond donors (Lipinski definition) is 1. The Hall–Kier alpha value is -3.14. The monoisotopic (exact) mass is 433 g/mol. The summed E-state index contributed by atoms with van der Waals surface area (Å²) in [6.07, 6.45) is 0.521. The molecule has 2 aromatic carbocycles. The summed E-state index contributed by atoms with van der Waals surface area (Å²) in [5, 5.41) is 3.35. The van der Waals surface area contributed by atoms with Gasteiger partial charge in [-0.05, 0) is 29.8 Å². The van der Waals surface area contributed by atoms with E-state index in [4.69, 9.17) is 0 Å². The average Bonchev–Trinajstić information content (AvgIpc) is 3.21. The number of nitrogens with one attached hydrogen (secondary N) is 1. The van der Waals surface area contributed by atoms with E-state index in [0.29, 0.717) is 38.4 Å². The van der Waals surface area contributed by atoms with Crippen molar-refractivity contribution >= 4 is 28.4 Å². The molecule has 1 N–H and O–H groups in total. The van der Waals surface area contributed by atoms with Gasteiger partial charge in [0.25, 0.3) is 0 Å². The highest BCUT2D eigenvalue weighted by Gasteiger charge is 2.23. The van der Waals surface area contributed by atoms with Crippen molar-refractivity contribution in [1.29, 1.82) is 0 Å². The number of piperazine rings is 1. The van der Waals surface area contributed by atoms with Gasteiger partial charge in [-0.25, -0.2) is 22.9 Å². The second-order valence-electron chi connectivity index (χ2n) is 6.83. The van der Waals surface area contributed by atoms with Gasteiger partial charge in [-0.1, -0.05) is 12.1 Å². The molecule has 1 aliphatic heterocycles. The van der Waals surface area contributed by atoms with Gasteiger partial charge < -0.3 is 15.1 Å². The number of urea groups is 1. The molecule has 0 spiro atoms. The molecule has 10 heteroatoms. The van der Waals surface area contributed by atoms with Crippen molar-refractivity contribution in [2.45, 2.75) is 6.42 Å². The molecule has 3 aromatic rings. The number of anilines is 2. The number of carbonyl (C=O) groups is 1. The smallest absolute Gasteiger partial charge is 0.321 e. The normalized spacial score (nSPS) is 14.1. The highest BCUT2D eigenvalue weighted by Crippen LogP contribution is 2.21. The van der Waals surface area contributed by atoms with Gasteiger partial charge >= 0.3 is 6.03 Å². The SMILES string of the molecule is O=C(Nc1ccc(F)c(F)c1)N1CCN(c2nc(Cc3ccc(F)cc3)ns2)CC1. The van der Waals surface area contributed by atoms with E-state index in [-0.39, 0.29) is 17.5 Å². The largest absolute Gasteiger partial charge is 0.343 e.